The summed E-state index contributed by atoms with van der Waals surface area (Å²) in [5.74, 6) is 1.21. The molecule has 6 heteroatoms. The van der Waals surface area contributed by atoms with Crippen LogP contribution in [0.25, 0.3) is 0 Å². The van der Waals surface area contributed by atoms with Gasteiger partial charge in [-0.15, -0.1) is 0 Å². The molecular weight excluding hydrogens is 328 g/mol. The van der Waals surface area contributed by atoms with Crippen LogP contribution in [0.3, 0.4) is 0 Å². The fourth-order valence-electron chi connectivity index (χ4n) is 3.71. The molecule has 2 fully saturated rings. The molecule has 2 aromatic rings. The zero-order chi connectivity index (χ0) is 18.0. The molecule has 1 amide bonds. The van der Waals surface area contributed by atoms with E-state index in [9.17, 15) is 4.79 Å². The molecule has 0 radical (unpaired) electrons. The van der Waals surface area contributed by atoms with Gasteiger partial charge in [0.15, 0.2) is 0 Å². The van der Waals surface area contributed by atoms with Crippen molar-refractivity contribution in [2.75, 3.05) is 31.6 Å². The van der Waals surface area contributed by atoms with E-state index < -0.39 is 0 Å². The molecule has 0 bridgehead atoms. The van der Waals surface area contributed by atoms with E-state index in [0.29, 0.717) is 31.6 Å². The number of hydrogen-bond acceptors (Lipinski definition) is 5. The van der Waals surface area contributed by atoms with Crippen LogP contribution in [0.15, 0.2) is 42.7 Å². The van der Waals surface area contributed by atoms with Crippen LogP contribution in [-0.2, 0) is 4.74 Å². The number of likely N-dealkylation sites (tertiary alicyclic amines) is 1. The Bertz CT molecular complexity index is 764. The van der Waals surface area contributed by atoms with Crippen molar-refractivity contribution in [3.8, 4) is 0 Å². The van der Waals surface area contributed by atoms with E-state index in [4.69, 9.17) is 4.74 Å². The summed E-state index contributed by atoms with van der Waals surface area (Å²) in [6.45, 7) is 4.93. The SMILES string of the molecule is Cc1cccc(C(=O)N2CC3(CC[C@@H](CNc4ncccn4)CO3)C2)c1. The number of benzene rings is 1. The van der Waals surface area contributed by atoms with Gasteiger partial charge in [0.1, 0.15) is 5.60 Å². The first-order chi connectivity index (χ1) is 12.6. The fraction of sp³-hybridized carbons (Fsp3) is 0.450. The van der Waals surface area contributed by atoms with Crippen molar-refractivity contribution < 1.29 is 9.53 Å². The molecule has 2 aliphatic rings. The predicted octanol–water partition coefficient (Wildman–Crippen LogP) is 2.52. The Kier molecular flexibility index (Phi) is 4.59. The van der Waals surface area contributed by atoms with E-state index in [1.54, 1.807) is 18.5 Å². The lowest BCUT2D eigenvalue weighted by Gasteiger charge is -2.52. The normalized spacial score (nSPS) is 21.3. The van der Waals surface area contributed by atoms with E-state index in [0.717, 1.165) is 30.5 Å². The minimum atomic E-state index is -0.140. The zero-order valence-corrected chi connectivity index (χ0v) is 15.0. The molecule has 0 unspecified atom stereocenters. The molecular formula is C20H24N4O2. The average molecular weight is 352 g/mol. The number of nitrogens with one attached hydrogen (secondary N) is 1. The number of rotatable bonds is 4. The van der Waals surface area contributed by atoms with E-state index >= 15 is 0 Å². The molecule has 0 saturated carbocycles. The summed E-state index contributed by atoms with van der Waals surface area (Å²) in [4.78, 5) is 22.8. The minimum absolute atomic E-state index is 0.105. The van der Waals surface area contributed by atoms with Crippen molar-refractivity contribution in [2.45, 2.75) is 25.4 Å². The number of hydrogen-bond donors (Lipinski definition) is 1. The summed E-state index contributed by atoms with van der Waals surface area (Å²) in [6, 6.07) is 9.58. The quantitative estimate of drug-likeness (QED) is 0.916. The monoisotopic (exact) mass is 352 g/mol. The number of nitrogens with zero attached hydrogens (tertiary/aromatic N) is 3. The number of carbonyl (C=O) groups is 1. The highest BCUT2D eigenvalue weighted by Gasteiger charge is 2.48. The van der Waals surface area contributed by atoms with Gasteiger partial charge in [0.2, 0.25) is 5.95 Å². The van der Waals surface area contributed by atoms with Crippen molar-refractivity contribution in [1.82, 2.24) is 14.9 Å². The molecule has 0 aliphatic carbocycles. The van der Waals surface area contributed by atoms with Crippen LogP contribution in [0.5, 0.6) is 0 Å². The molecule has 3 heterocycles. The Morgan fingerprint density at radius 2 is 2.12 bits per heavy atom. The highest BCUT2D eigenvalue weighted by atomic mass is 16.5. The maximum Gasteiger partial charge on any atom is 0.254 e. The molecule has 136 valence electrons. The lowest BCUT2D eigenvalue weighted by molar-refractivity contribution is -0.165. The predicted molar refractivity (Wildman–Crippen MR) is 99.0 cm³/mol. The summed E-state index contributed by atoms with van der Waals surface area (Å²) in [5.41, 5.74) is 1.73. The van der Waals surface area contributed by atoms with Gasteiger partial charge in [0, 0.05) is 24.5 Å². The van der Waals surface area contributed by atoms with Gasteiger partial charge in [0.25, 0.3) is 5.91 Å². The Morgan fingerprint density at radius 1 is 1.31 bits per heavy atom. The standard InChI is InChI=1S/C20H24N4O2/c1-15-4-2-5-17(10-15)18(25)24-13-20(14-24)7-6-16(12-26-20)11-23-19-21-8-3-9-22-19/h2-5,8-10,16H,6-7,11-14H2,1H3,(H,21,22,23)/t16-/m0/s1. The van der Waals surface area contributed by atoms with Crippen LogP contribution < -0.4 is 5.32 Å². The molecule has 2 saturated heterocycles. The van der Waals surface area contributed by atoms with Crippen LogP contribution in [0.4, 0.5) is 5.95 Å². The van der Waals surface area contributed by atoms with Gasteiger partial charge in [0.05, 0.1) is 19.7 Å². The second-order valence-electron chi connectivity index (χ2n) is 7.38. The fourth-order valence-corrected chi connectivity index (χ4v) is 3.71. The molecule has 6 nitrogen and oxygen atoms in total. The maximum absolute atomic E-state index is 12.6. The first-order valence-electron chi connectivity index (χ1n) is 9.14. The second kappa shape index (κ2) is 7.03. The van der Waals surface area contributed by atoms with Gasteiger partial charge in [-0.3, -0.25) is 4.79 Å². The number of carbonyl (C=O) groups excluding carboxylic acids is 1. The van der Waals surface area contributed by atoms with Gasteiger partial charge in [-0.2, -0.15) is 0 Å². The van der Waals surface area contributed by atoms with E-state index in [1.165, 1.54) is 0 Å². The topological polar surface area (TPSA) is 67.4 Å². The molecule has 2 aliphatic heterocycles. The van der Waals surface area contributed by atoms with E-state index in [-0.39, 0.29) is 11.5 Å². The summed E-state index contributed by atoms with van der Waals surface area (Å²) < 4.78 is 6.17. The lowest BCUT2D eigenvalue weighted by atomic mass is 9.82. The van der Waals surface area contributed by atoms with E-state index in [2.05, 4.69) is 15.3 Å². The number of anilines is 1. The number of ether oxygens (including phenoxy) is 1. The summed E-state index contributed by atoms with van der Waals surface area (Å²) in [6.07, 6.45) is 5.55. The maximum atomic E-state index is 12.6. The lowest BCUT2D eigenvalue weighted by Crippen LogP contribution is -2.66. The van der Waals surface area contributed by atoms with Gasteiger partial charge in [-0.25, -0.2) is 9.97 Å². The second-order valence-corrected chi connectivity index (χ2v) is 7.38. The summed E-state index contributed by atoms with van der Waals surface area (Å²) >= 11 is 0. The molecule has 1 aromatic carbocycles. The minimum Gasteiger partial charge on any atom is -0.371 e. The summed E-state index contributed by atoms with van der Waals surface area (Å²) in [7, 11) is 0. The summed E-state index contributed by atoms with van der Waals surface area (Å²) in [5, 5.41) is 3.26. The van der Waals surface area contributed by atoms with Crippen LogP contribution in [0.2, 0.25) is 0 Å². The Morgan fingerprint density at radius 3 is 2.81 bits per heavy atom. The van der Waals surface area contributed by atoms with Crippen molar-refractivity contribution in [3.05, 3.63) is 53.9 Å². The van der Waals surface area contributed by atoms with E-state index in [1.807, 2.05) is 36.1 Å². The van der Waals surface area contributed by atoms with Crippen molar-refractivity contribution in [3.63, 3.8) is 0 Å². The third kappa shape index (κ3) is 3.55. The molecule has 1 aromatic heterocycles. The number of aromatic nitrogens is 2. The van der Waals surface area contributed by atoms with Crippen LogP contribution in [0.1, 0.15) is 28.8 Å². The largest absolute Gasteiger partial charge is 0.371 e. The Hall–Kier alpha value is -2.47. The van der Waals surface area contributed by atoms with Crippen LogP contribution in [0, 0.1) is 12.8 Å². The average Bonchev–Trinajstić information content (AvgIpc) is 2.65. The Labute approximate surface area is 153 Å². The van der Waals surface area contributed by atoms with Gasteiger partial charge < -0.3 is 15.0 Å². The molecule has 26 heavy (non-hydrogen) atoms. The number of aryl methyl sites for hydroxylation is 1. The highest BCUT2D eigenvalue weighted by Crippen LogP contribution is 2.36. The first-order valence-corrected chi connectivity index (χ1v) is 9.14. The first kappa shape index (κ1) is 17.0. The molecule has 4 rings (SSSR count). The van der Waals surface area contributed by atoms with Gasteiger partial charge in [-0.1, -0.05) is 17.7 Å². The third-order valence-electron chi connectivity index (χ3n) is 5.26. The Balaban J connectivity index is 1.25. The highest BCUT2D eigenvalue weighted by molar-refractivity contribution is 5.95. The molecule has 1 N–H and O–H groups in total. The van der Waals surface area contributed by atoms with Crippen molar-refractivity contribution in [1.29, 1.82) is 0 Å². The van der Waals surface area contributed by atoms with Gasteiger partial charge in [-0.05, 0) is 43.9 Å². The molecule has 1 atom stereocenters. The third-order valence-corrected chi connectivity index (χ3v) is 5.26. The van der Waals surface area contributed by atoms with Crippen LogP contribution >= 0.6 is 0 Å². The van der Waals surface area contributed by atoms with Crippen LogP contribution in [-0.4, -0.2) is 52.6 Å². The zero-order valence-electron chi connectivity index (χ0n) is 15.0. The number of amides is 1. The smallest absolute Gasteiger partial charge is 0.254 e. The van der Waals surface area contributed by atoms with Gasteiger partial charge >= 0.3 is 0 Å². The molecule has 1 spiro atoms. The van der Waals surface area contributed by atoms with Crippen molar-refractivity contribution in [2.24, 2.45) is 5.92 Å². The van der Waals surface area contributed by atoms with Crippen molar-refractivity contribution >= 4 is 11.9 Å².